The summed E-state index contributed by atoms with van der Waals surface area (Å²) in [6.45, 7) is -1.83. The van der Waals surface area contributed by atoms with Crippen LogP contribution < -0.4 is 10.7 Å². The van der Waals surface area contributed by atoms with Crippen LogP contribution in [0.2, 0.25) is 0 Å². The van der Waals surface area contributed by atoms with E-state index in [1.54, 1.807) is 0 Å². The molecule has 0 radical (unpaired) electrons. The van der Waals surface area contributed by atoms with Crippen LogP contribution in [0.25, 0.3) is 33.4 Å². The van der Waals surface area contributed by atoms with E-state index in [9.17, 15) is 87.4 Å². The molecule has 4 aromatic rings. The van der Waals surface area contributed by atoms with Gasteiger partial charge in [-0.2, -0.15) is 50.5 Å². The molecule has 1 heterocycles. The molecule has 2 aliphatic rings. The average molecular weight is 1090 g/mol. The van der Waals surface area contributed by atoms with Crippen LogP contribution in [-0.4, -0.2) is 113 Å². The van der Waals surface area contributed by atoms with Gasteiger partial charge in [0.05, 0.1) is 27.4 Å². The zero-order valence-corrected chi connectivity index (χ0v) is 40.1. The minimum absolute atomic E-state index is 0.000124. The highest BCUT2D eigenvalue weighted by molar-refractivity contribution is 7.87. The number of hydrogen-bond donors (Lipinski definition) is 8. The summed E-state index contributed by atoms with van der Waals surface area (Å²) >= 11 is 0. The molecule has 0 saturated carbocycles. The topological polar surface area (TPSA) is 421 Å². The van der Waals surface area contributed by atoms with Gasteiger partial charge in [-0.05, 0) is 77.7 Å². The minimum atomic E-state index is -5.65. The first kappa shape index (κ1) is 53.1. The molecule has 31 heteroatoms. The van der Waals surface area contributed by atoms with Gasteiger partial charge in [-0.15, -0.1) is 0 Å². The molecule has 8 N–H and O–H groups in total. The molecule has 0 bridgehead atoms. The van der Waals surface area contributed by atoms with E-state index in [1.807, 2.05) is 0 Å². The third-order valence-corrected chi connectivity index (χ3v) is 15.6. The van der Waals surface area contributed by atoms with Crippen molar-refractivity contribution in [3.05, 3.63) is 107 Å². The van der Waals surface area contributed by atoms with Gasteiger partial charge in [-0.25, -0.2) is 0 Å². The Kier molecular flexibility index (Phi) is 14.6. The Balaban J connectivity index is 1.71. The van der Waals surface area contributed by atoms with Gasteiger partial charge in [-0.1, -0.05) is 30.3 Å². The highest BCUT2D eigenvalue weighted by Crippen LogP contribution is 2.46. The van der Waals surface area contributed by atoms with Gasteiger partial charge >= 0.3 is 5.97 Å². The number of amides is 1. The number of carboxylic acid groups (broad SMARTS) is 1. The van der Waals surface area contributed by atoms with Crippen molar-refractivity contribution in [2.45, 2.75) is 55.3 Å². The van der Waals surface area contributed by atoms with Crippen molar-refractivity contribution in [1.29, 1.82) is 0 Å². The normalized spacial score (nSPS) is 13.2. The van der Waals surface area contributed by atoms with Crippen LogP contribution >= 0.6 is 0 Å². The van der Waals surface area contributed by atoms with Crippen LogP contribution in [-0.2, 0) is 78.6 Å². The number of hydrogen-bond acceptors (Lipinski definition) is 17. The standard InChI is InChI=1S/C39H35N3O22S6/c1-42(16-4-7-33(43)44)39(45)26-6-3-2-5-25(26)34-27-12-14-29(40-19-21-8-10-23(65(46,47)48)17-31(21)67(52,53)54)37(69(58,59)60)35(27)64-36-28(34)13-15-30(38(36)70(61,62)63)41-20-22-9-11-24(66(49,50)51)18-32(22)68(55,56)57/h2-3,5-6,8-15,17-18,40H,4,7,16,19-20H2,1H3,(H,43,44)(H,46,47,48)(H,49,50,51)(H,52,53,54)(H,55,56,57)(H,58,59,60)(H,61,62,63). The van der Waals surface area contributed by atoms with Crippen molar-refractivity contribution < 1.29 is 96.9 Å². The highest BCUT2D eigenvalue weighted by atomic mass is 32.2. The largest absolute Gasteiger partial charge is 0.481 e. The molecule has 4 aromatic carbocycles. The SMILES string of the molecule is CN(CCCC(=O)O)C(=O)c1ccccc1-c1c2ccc(=NCc3ccc(S(=O)(=O)O)cc3S(=O)(=O)O)c(S(=O)(=O)O)c-2oc2c(S(=O)(=O)O)c(NCc3ccc(S(=O)(=O)O)cc3S(=O)(=O)O)ccc12. The average Bonchev–Trinajstić information content (AvgIpc) is 3.23. The Morgan fingerprint density at radius 3 is 1.73 bits per heavy atom. The third kappa shape index (κ3) is 11.5. The lowest BCUT2D eigenvalue weighted by Gasteiger charge is -2.23. The lowest BCUT2D eigenvalue weighted by Crippen LogP contribution is -2.28. The molecule has 70 heavy (non-hydrogen) atoms. The number of fused-ring (bicyclic) bond motifs is 2. The first-order valence-corrected chi connectivity index (χ1v) is 27.8. The summed E-state index contributed by atoms with van der Waals surface area (Å²) in [5.41, 5.74) is -3.32. The molecule has 0 aromatic heterocycles. The van der Waals surface area contributed by atoms with Crippen molar-refractivity contribution in [3.8, 4) is 22.5 Å². The van der Waals surface area contributed by atoms with E-state index in [0.717, 1.165) is 53.4 Å². The summed E-state index contributed by atoms with van der Waals surface area (Å²) in [6.07, 6.45) is -0.324. The summed E-state index contributed by atoms with van der Waals surface area (Å²) in [4.78, 5) is 23.9. The molecule has 0 unspecified atom stereocenters. The monoisotopic (exact) mass is 1090 g/mol. The molecule has 0 spiro atoms. The molecule has 1 amide bonds. The summed E-state index contributed by atoms with van der Waals surface area (Å²) in [5.74, 6) is -2.85. The Morgan fingerprint density at radius 1 is 0.629 bits per heavy atom. The lowest BCUT2D eigenvalue weighted by molar-refractivity contribution is -0.137. The molecule has 1 aliphatic carbocycles. The van der Waals surface area contributed by atoms with Gasteiger partial charge in [0.25, 0.3) is 66.6 Å². The first-order valence-electron chi connectivity index (χ1n) is 19.2. The predicted octanol–water partition coefficient (Wildman–Crippen LogP) is 3.33. The fourth-order valence-corrected chi connectivity index (χ4v) is 11.4. The van der Waals surface area contributed by atoms with Crippen molar-refractivity contribution in [3.63, 3.8) is 0 Å². The van der Waals surface area contributed by atoms with E-state index in [-0.39, 0.29) is 47.0 Å². The van der Waals surface area contributed by atoms with Gasteiger partial charge in [0, 0.05) is 48.6 Å². The molecule has 25 nitrogen and oxygen atoms in total. The van der Waals surface area contributed by atoms with E-state index >= 15 is 0 Å². The van der Waals surface area contributed by atoms with Crippen LogP contribution in [0.15, 0.2) is 124 Å². The first-order chi connectivity index (χ1) is 32.2. The van der Waals surface area contributed by atoms with E-state index in [0.29, 0.717) is 12.1 Å². The zero-order chi connectivity index (χ0) is 52.1. The molecule has 0 saturated heterocycles. The second kappa shape index (κ2) is 19.2. The van der Waals surface area contributed by atoms with Crippen LogP contribution in [0, 0.1) is 0 Å². The van der Waals surface area contributed by atoms with Crippen molar-refractivity contribution in [1.82, 2.24) is 4.90 Å². The van der Waals surface area contributed by atoms with Crippen LogP contribution in [0.5, 0.6) is 0 Å². The third-order valence-electron chi connectivity index (χ3n) is 10.2. The fraction of sp³-hybridized carbons (Fsp3) is 0.154. The zero-order valence-electron chi connectivity index (χ0n) is 35.2. The van der Waals surface area contributed by atoms with Gasteiger partial charge in [0.15, 0.2) is 21.1 Å². The number of nitrogens with zero attached hydrogens (tertiary/aromatic N) is 2. The number of carbonyl (C=O) groups excluding carboxylic acids is 1. The second-order valence-corrected chi connectivity index (χ2v) is 23.3. The molecule has 1 aliphatic heterocycles. The van der Waals surface area contributed by atoms with Gasteiger partial charge in [0.2, 0.25) is 0 Å². The van der Waals surface area contributed by atoms with Gasteiger partial charge < -0.3 is 19.7 Å². The smallest absolute Gasteiger partial charge is 0.303 e. The number of carboxylic acids is 1. The Labute approximate surface area is 397 Å². The number of rotatable bonds is 17. The number of carbonyl (C=O) groups is 2. The van der Waals surface area contributed by atoms with Gasteiger partial charge in [-0.3, -0.25) is 41.9 Å². The maximum Gasteiger partial charge on any atom is 0.303 e. The molecular weight excluding hydrogens is 1050 g/mol. The van der Waals surface area contributed by atoms with Crippen molar-refractivity contribution in [2.24, 2.45) is 4.99 Å². The highest BCUT2D eigenvalue weighted by Gasteiger charge is 2.33. The number of aliphatic carboxylic acids is 1. The minimum Gasteiger partial charge on any atom is -0.481 e. The van der Waals surface area contributed by atoms with E-state index in [4.69, 9.17) is 9.52 Å². The maximum atomic E-state index is 14.1. The van der Waals surface area contributed by atoms with Gasteiger partial charge in [0.1, 0.15) is 9.79 Å². The summed E-state index contributed by atoms with van der Waals surface area (Å²) in [7, 11) is -30.6. The molecule has 0 atom stereocenters. The second-order valence-electron chi connectivity index (χ2n) is 14.9. The fourth-order valence-electron chi connectivity index (χ4n) is 7.19. The van der Waals surface area contributed by atoms with E-state index in [1.165, 1.54) is 31.3 Å². The number of nitrogens with one attached hydrogen (secondary N) is 1. The lowest BCUT2D eigenvalue weighted by atomic mass is 9.90. The summed E-state index contributed by atoms with van der Waals surface area (Å²) in [5, 5.41) is 10.6. The Hall–Kier alpha value is -6.23. The van der Waals surface area contributed by atoms with E-state index < -0.39 is 149 Å². The quantitative estimate of drug-likeness (QED) is 0.0479. The predicted molar refractivity (Wildman–Crippen MR) is 240 cm³/mol. The maximum absolute atomic E-state index is 14.1. The molecule has 0 fully saturated rings. The molecular formula is C39H35N3O22S6. The summed E-state index contributed by atoms with van der Waals surface area (Å²) < 4.78 is 217. The van der Waals surface area contributed by atoms with Crippen LogP contribution in [0.4, 0.5) is 5.69 Å². The number of benzene rings is 5. The molecule has 6 rings (SSSR count). The Morgan fingerprint density at radius 2 is 1.19 bits per heavy atom. The van der Waals surface area contributed by atoms with Crippen molar-refractivity contribution in [2.75, 3.05) is 18.9 Å². The van der Waals surface area contributed by atoms with Crippen LogP contribution in [0.1, 0.15) is 34.3 Å². The summed E-state index contributed by atoms with van der Waals surface area (Å²) in [6, 6.07) is 13.5. The van der Waals surface area contributed by atoms with Crippen LogP contribution in [0.3, 0.4) is 0 Å². The molecule has 374 valence electrons. The van der Waals surface area contributed by atoms with E-state index in [2.05, 4.69) is 10.3 Å². The van der Waals surface area contributed by atoms with Crippen molar-refractivity contribution >= 4 is 89.2 Å². The Bertz CT molecular complexity index is 3910. The number of anilines is 1.